The first-order chi connectivity index (χ1) is 18.6. The van der Waals surface area contributed by atoms with Gasteiger partial charge in [-0.05, 0) is 74.9 Å². The molecule has 0 bridgehead atoms. The van der Waals surface area contributed by atoms with Gasteiger partial charge in [0.25, 0.3) is 11.1 Å². The Hall–Kier alpha value is -2.82. The molecule has 39 heavy (non-hydrogen) atoms. The molecule has 2 saturated carbocycles. The van der Waals surface area contributed by atoms with Gasteiger partial charge in [-0.3, -0.25) is 9.59 Å². The maximum Gasteiger partial charge on any atom is 0.281 e. The average Bonchev–Trinajstić information content (AvgIpc) is 3.86. The second-order valence-corrected chi connectivity index (χ2v) is 12.1. The van der Waals surface area contributed by atoms with Crippen LogP contribution in [0.5, 0.6) is 5.75 Å². The highest BCUT2D eigenvalue weighted by molar-refractivity contribution is 9.10. The SMILES string of the molecule is Cc1c(Br)ccc2c(O)c(N)c(=O)n(C3CC3)c12.Cc1c(Br)ccc2c3oc(CCl)nc3c(=O)n(C3CC3)c12. The minimum absolute atomic E-state index is 0.0591. The highest BCUT2D eigenvalue weighted by atomic mass is 79.9. The molecule has 5 aromatic rings. The summed E-state index contributed by atoms with van der Waals surface area (Å²) in [6.45, 7) is 3.94. The second-order valence-electron chi connectivity index (χ2n) is 10.1. The van der Waals surface area contributed by atoms with Crippen molar-refractivity contribution < 1.29 is 9.52 Å². The molecule has 2 aromatic carbocycles. The molecule has 2 aliphatic rings. The largest absolute Gasteiger partial charge is 0.505 e. The number of hydrogen-bond acceptors (Lipinski definition) is 6. The van der Waals surface area contributed by atoms with Crippen LogP contribution < -0.4 is 16.9 Å². The number of nitrogens with two attached hydrogens (primary N) is 1. The zero-order chi connectivity index (χ0) is 27.7. The Kier molecular flexibility index (Phi) is 6.55. The van der Waals surface area contributed by atoms with Crippen LogP contribution in [-0.4, -0.2) is 19.2 Å². The number of anilines is 1. The summed E-state index contributed by atoms with van der Waals surface area (Å²) in [5.41, 5.74) is 9.91. The van der Waals surface area contributed by atoms with E-state index in [1.807, 2.05) is 36.6 Å². The third-order valence-corrected chi connectivity index (χ3v) is 9.39. The molecule has 2 fully saturated rings. The van der Waals surface area contributed by atoms with Gasteiger partial charge in [-0.15, -0.1) is 11.6 Å². The lowest BCUT2D eigenvalue weighted by Crippen LogP contribution is -2.23. The van der Waals surface area contributed by atoms with Gasteiger partial charge in [0.2, 0.25) is 5.89 Å². The monoisotopic (exact) mass is 674 g/mol. The lowest BCUT2D eigenvalue weighted by Gasteiger charge is -2.15. The number of rotatable bonds is 3. The van der Waals surface area contributed by atoms with Gasteiger partial charge in [0.1, 0.15) is 5.69 Å². The number of aromatic hydroxyl groups is 1. The topological polar surface area (TPSA) is 116 Å². The maximum atomic E-state index is 12.8. The fourth-order valence-corrected chi connectivity index (χ4v) is 5.91. The van der Waals surface area contributed by atoms with E-state index in [0.29, 0.717) is 22.4 Å². The van der Waals surface area contributed by atoms with Gasteiger partial charge >= 0.3 is 0 Å². The van der Waals surface area contributed by atoms with Crippen LogP contribution in [0.1, 0.15) is 54.8 Å². The Balaban J connectivity index is 0.000000144. The Morgan fingerprint density at radius 1 is 0.949 bits per heavy atom. The number of alkyl halides is 1. The molecule has 0 radical (unpaired) electrons. The molecule has 0 spiro atoms. The van der Waals surface area contributed by atoms with E-state index in [0.717, 1.165) is 62.2 Å². The predicted octanol–water partition coefficient (Wildman–Crippen LogP) is 6.98. The fourth-order valence-electron chi connectivity index (χ4n) is 5.15. The molecule has 11 heteroatoms. The van der Waals surface area contributed by atoms with Gasteiger partial charge in [-0.2, -0.15) is 0 Å². The smallest absolute Gasteiger partial charge is 0.281 e. The molecule has 0 unspecified atom stereocenters. The van der Waals surface area contributed by atoms with Crippen LogP contribution in [-0.2, 0) is 5.88 Å². The van der Waals surface area contributed by atoms with Crippen molar-refractivity contribution in [1.82, 2.24) is 14.1 Å². The second kappa shape index (κ2) is 9.67. The Morgan fingerprint density at radius 2 is 1.46 bits per heavy atom. The maximum absolute atomic E-state index is 12.8. The van der Waals surface area contributed by atoms with Crippen molar-refractivity contribution >= 4 is 82.1 Å². The number of nitrogen functional groups attached to an aromatic ring is 1. The van der Waals surface area contributed by atoms with E-state index in [1.165, 1.54) is 0 Å². The molecule has 8 nitrogen and oxygen atoms in total. The minimum atomic E-state index is -0.288. The zero-order valence-corrected chi connectivity index (χ0v) is 25.2. The third kappa shape index (κ3) is 4.28. The van der Waals surface area contributed by atoms with Gasteiger partial charge in [0.15, 0.2) is 16.8 Å². The summed E-state index contributed by atoms with van der Waals surface area (Å²) in [6, 6.07) is 8.08. The summed E-state index contributed by atoms with van der Waals surface area (Å²) in [4.78, 5) is 29.3. The van der Waals surface area contributed by atoms with Crippen molar-refractivity contribution in [2.75, 3.05) is 5.73 Å². The van der Waals surface area contributed by atoms with Crippen LogP contribution in [0, 0.1) is 13.8 Å². The van der Waals surface area contributed by atoms with Gasteiger partial charge in [-0.25, -0.2) is 4.98 Å². The van der Waals surface area contributed by atoms with E-state index in [4.69, 9.17) is 21.8 Å². The van der Waals surface area contributed by atoms with Gasteiger partial charge in [0, 0.05) is 31.8 Å². The average molecular weight is 677 g/mol. The molecule has 0 saturated heterocycles. The highest BCUT2D eigenvalue weighted by Crippen LogP contribution is 2.41. The Morgan fingerprint density at radius 3 is 2.00 bits per heavy atom. The minimum Gasteiger partial charge on any atom is -0.505 e. The van der Waals surface area contributed by atoms with Crippen LogP contribution >= 0.6 is 43.5 Å². The molecular weight excluding hydrogens is 652 g/mol. The van der Waals surface area contributed by atoms with E-state index in [1.54, 1.807) is 10.6 Å². The number of nitrogens with zero attached hydrogens (tertiary/aromatic N) is 3. The number of benzene rings is 2. The molecule has 2 aliphatic carbocycles. The van der Waals surface area contributed by atoms with E-state index >= 15 is 0 Å². The molecule has 0 amide bonds. The van der Waals surface area contributed by atoms with Crippen molar-refractivity contribution in [1.29, 1.82) is 0 Å². The van der Waals surface area contributed by atoms with Crippen LogP contribution in [0.15, 0.2) is 47.2 Å². The number of halogens is 3. The number of aryl methyl sites for hydroxylation is 2. The van der Waals surface area contributed by atoms with Crippen molar-refractivity contribution in [2.45, 2.75) is 57.5 Å². The molecule has 7 rings (SSSR count). The number of pyridine rings is 2. The Bertz CT molecular complexity index is 1940. The fraction of sp³-hybridized carbons (Fsp3) is 0.321. The summed E-state index contributed by atoms with van der Waals surface area (Å²) >= 11 is 12.8. The first-order valence-electron chi connectivity index (χ1n) is 12.6. The first kappa shape index (κ1) is 26.4. The summed E-state index contributed by atoms with van der Waals surface area (Å²) in [6.07, 6.45) is 4.05. The molecule has 3 N–H and O–H groups in total. The molecule has 0 atom stereocenters. The van der Waals surface area contributed by atoms with Crippen LogP contribution in [0.2, 0.25) is 0 Å². The summed E-state index contributed by atoms with van der Waals surface area (Å²) in [7, 11) is 0. The van der Waals surface area contributed by atoms with E-state index in [-0.39, 0.29) is 40.5 Å². The lowest BCUT2D eigenvalue weighted by molar-refractivity contribution is 0.481. The van der Waals surface area contributed by atoms with E-state index in [2.05, 4.69) is 36.8 Å². The van der Waals surface area contributed by atoms with Crippen molar-refractivity contribution in [3.8, 4) is 5.75 Å². The first-order valence-corrected chi connectivity index (χ1v) is 14.8. The van der Waals surface area contributed by atoms with Crippen molar-refractivity contribution in [3.05, 3.63) is 70.9 Å². The van der Waals surface area contributed by atoms with Gasteiger partial charge in [-0.1, -0.05) is 31.9 Å². The van der Waals surface area contributed by atoms with Crippen molar-refractivity contribution in [2.24, 2.45) is 0 Å². The summed E-state index contributed by atoms with van der Waals surface area (Å²) in [5.74, 6) is 0.441. The Labute approximate surface area is 244 Å². The molecule has 3 heterocycles. The van der Waals surface area contributed by atoms with Crippen LogP contribution in [0.3, 0.4) is 0 Å². The zero-order valence-electron chi connectivity index (χ0n) is 21.2. The van der Waals surface area contributed by atoms with Gasteiger partial charge in [0.05, 0.1) is 16.9 Å². The predicted molar refractivity (Wildman–Crippen MR) is 161 cm³/mol. The standard InChI is InChI=1S/C15H12BrClN2O2.C13H13BrN2O2/c1-7-10(16)5-4-9-13(7)19(8-2-3-8)15(20)12-14(9)21-11(6-17)18-12;1-6-9(14)5-4-8-11(6)16(7-2-3-7)13(18)10(15)12(8)17/h4-5,8H,2-3,6H2,1H3;4-5,7,17H,2-3,15H2,1H3. The molecule has 202 valence electrons. The molecular formula is C28H25Br2ClN4O4. The molecule has 3 aromatic heterocycles. The lowest BCUT2D eigenvalue weighted by atomic mass is 10.1. The van der Waals surface area contributed by atoms with Crippen LogP contribution in [0.4, 0.5) is 5.69 Å². The van der Waals surface area contributed by atoms with E-state index < -0.39 is 0 Å². The number of fused-ring (bicyclic) bond motifs is 4. The number of aromatic nitrogens is 3. The van der Waals surface area contributed by atoms with Gasteiger partial charge < -0.3 is 24.4 Å². The summed E-state index contributed by atoms with van der Waals surface area (Å²) < 4.78 is 11.2. The molecule has 0 aliphatic heterocycles. The quantitative estimate of drug-likeness (QED) is 0.199. The third-order valence-electron chi connectivity index (χ3n) is 7.45. The number of oxazole rings is 1. The summed E-state index contributed by atoms with van der Waals surface area (Å²) in [5, 5.41) is 11.6. The normalized spacial score (nSPS) is 15.2. The highest BCUT2D eigenvalue weighted by Gasteiger charge is 2.30. The van der Waals surface area contributed by atoms with Crippen molar-refractivity contribution in [3.63, 3.8) is 0 Å². The number of hydrogen-bond donors (Lipinski definition) is 2. The van der Waals surface area contributed by atoms with E-state index in [9.17, 15) is 14.7 Å². The van der Waals surface area contributed by atoms with Crippen LogP contribution in [0.25, 0.3) is 32.9 Å².